The summed E-state index contributed by atoms with van der Waals surface area (Å²) in [5.74, 6) is 1.29. The number of esters is 1. The van der Waals surface area contributed by atoms with Gasteiger partial charge >= 0.3 is 5.97 Å². The van der Waals surface area contributed by atoms with Crippen LogP contribution in [0.5, 0.6) is 0 Å². The van der Waals surface area contributed by atoms with E-state index in [9.17, 15) is 14.7 Å². The molecule has 5 rings (SSSR count). The van der Waals surface area contributed by atoms with Crippen molar-refractivity contribution in [3.05, 3.63) is 22.3 Å². The zero-order chi connectivity index (χ0) is 28.7. The van der Waals surface area contributed by atoms with E-state index < -0.39 is 0 Å². The molecule has 0 radical (unpaired) electrons. The first kappa shape index (κ1) is 29.0. The van der Waals surface area contributed by atoms with Crippen molar-refractivity contribution < 1.29 is 19.4 Å². The molecule has 5 fully saturated rings. The number of carbonyl (C=O) groups is 2. The summed E-state index contributed by atoms with van der Waals surface area (Å²) in [5.41, 5.74) is 12.1. The third kappa shape index (κ3) is 4.23. The van der Waals surface area contributed by atoms with Crippen molar-refractivity contribution in [2.75, 3.05) is 0 Å². The van der Waals surface area contributed by atoms with Crippen LogP contribution in [0.3, 0.4) is 0 Å². The van der Waals surface area contributed by atoms with E-state index >= 15 is 0 Å². The third-order valence-electron chi connectivity index (χ3n) is 13.2. The van der Waals surface area contributed by atoms with Gasteiger partial charge in [-0.05, 0) is 130 Å². The predicted molar refractivity (Wildman–Crippen MR) is 155 cm³/mol. The smallest absolute Gasteiger partial charge is 0.303 e. The summed E-state index contributed by atoms with van der Waals surface area (Å²) < 4.78 is 6.13. The molecule has 0 aromatic carbocycles. The Morgan fingerprint density at radius 2 is 1.69 bits per heavy atom. The fourth-order valence-electron chi connectivity index (χ4n) is 11.3. The van der Waals surface area contributed by atoms with Crippen molar-refractivity contribution in [2.45, 2.75) is 131 Å². The van der Waals surface area contributed by atoms with Crippen LogP contribution >= 0.6 is 0 Å². The normalized spacial score (nSPS) is 48.6. The van der Waals surface area contributed by atoms with Crippen LogP contribution in [0.4, 0.5) is 0 Å². The molecule has 39 heavy (non-hydrogen) atoms. The van der Waals surface area contributed by atoms with Crippen LogP contribution in [0, 0.1) is 45.8 Å². The minimum atomic E-state index is -0.354. The van der Waals surface area contributed by atoms with Gasteiger partial charge in [-0.3, -0.25) is 9.59 Å². The van der Waals surface area contributed by atoms with Crippen molar-refractivity contribution in [3.8, 4) is 0 Å². The number of nitrogens with two attached hydrogens (primary N) is 1. The molecule has 5 saturated carbocycles. The SMILES string of the molecule is CC(=O)O[C@H]1C[C@@]2(C)[C@@H](C[C@H](N)[C@H]3[C@@]4(C)CC[C@@H](O)[C@@H](C)[C@@H]4CC[C@@]32C)/C1=C(/C(C)=O)C1CCC(=C(C)C)C1. The molecule has 0 saturated heterocycles. The third-order valence-corrected chi connectivity index (χ3v) is 13.2. The van der Waals surface area contributed by atoms with Crippen LogP contribution in [0.25, 0.3) is 0 Å². The Hall–Kier alpha value is -1.46. The number of ether oxygens (including phenoxy) is 1. The molecule has 1 unspecified atom stereocenters. The van der Waals surface area contributed by atoms with E-state index in [1.54, 1.807) is 6.92 Å². The Labute approximate surface area is 236 Å². The van der Waals surface area contributed by atoms with E-state index in [4.69, 9.17) is 10.5 Å². The topological polar surface area (TPSA) is 89.6 Å². The number of allylic oxidation sites excluding steroid dienone is 3. The van der Waals surface area contributed by atoms with E-state index in [-0.39, 0.29) is 64.0 Å². The highest BCUT2D eigenvalue weighted by atomic mass is 16.5. The first-order valence-corrected chi connectivity index (χ1v) is 15.7. The van der Waals surface area contributed by atoms with E-state index in [0.29, 0.717) is 11.8 Å². The summed E-state index contributed by atoms with van der Waals surface area (Å²) in [6.45, 7) is 17.2. The largest absolute Gasteiger partial charge is 0.458 e. The second-order valence-corrected chi connectivity index (χ2v) is 15.2. The average Bonchev–Trinajstić information content (AvgIpc) is 3.41. The maximum Gasteiger partial charge on any atom is 0.303 e. The van der Waals surface area contributed by atoms with Gasteiger partial charge in [-0.2, -0.15) is 0 Å². The van der Waals surface area contributed by atoms with E-state index in [0.717, 1.165) is 68.9 Å². The molecule has 3 N–H and O–H groups in total. The standard InChI is InChI=1S/C34H53NO4/c1-18(2)22-9-10-23(15-22)29(20(4)36)30-25-16-26(35)31-32(6)13-12-27(38)19(3)24(32)11-14-33(31,7)34(25,8)17-28(30)39-21(5)37/h19,23-28,31,38H,9-17,35H2,1-8H3/b30-29+/t19-,23?,24-,25-,26-,27+,28-,31-,32-,33-,34-/m0/s1. The van der Waals surface area contributed by atoms with Crippen LogP contribution in [-0.4, -0.2) is 35.1 Å². The van der Waals surface area contributed by atoms with Gasteiger partial charge in [0.15, 0.2) is 5.78 Å². The highest BCUT2D eigenvalue weighted by molar-refractivity contribution is 5.95. The van der Waals surface area contributed by atoms with Gasteiger partial charge in [0.2, 0.25) is 0 Å². The highest BCUT2D eigenvalue weighted by Crippen LogP contribution is 2.74. The number of rotatable bonds is 3. The van der Waals surface area contributed by atoms with E-state index in [1.807, 2.05) is 0 Å². The maximum atomic E-state index is 13.5. The summed E-state index contributed by atoms with van der Waals surface area (Å²) in [7, 11) is 0. The molecule has 0 spiro atoms. The molecule has 218 valence electrons. The molecule has 0 amide bonds. The molecular weight excluding hydrogens is 486 g/mol. The molecule has 0 aromatic heterocycles. The molecule has 5 aliphatic carbocycles. The Morgan fingerprint density at radius 3 is 2.28 bits per heavy atom. The van der Waals surface area contributed by atoms with Gasteiger partial charge in [-0.15, -0.1) is 0 Å². The zero-order valence-corrected chi connectivity index (χ0v) is 25.7. The Balaban J connectivity index is 1.63. The lowest BCUT2D eigenvalue weighted by molar-refractivity contribution is -0.204. The zero-order valence-electron chi connectivity index (χ0n) is 25.7. The van der Waals surface area contributed by atoms with Gasteiger partial charge in [0.1, 0.15) is 6.10 Å². The predicted octanol–water partition coefficient (Wildman–Crippen LogP) is 6.53. The van der Waals surface area contributed by atoms with Gasteiger partial charge in [-0.25, -0.2) is 0 Å². The number of fused-ring (bicyclic) bond motifs is 5. The first-order chi connectivity index (χ1) is 18.2. The Kier molecular flexibility index (Phi) is 7.32. The minimum Gasteiger partial charge on any atom is -0.458 e. The minimum absolute atomic E-state index is 0.0134. The number of Topliss-reactive ketones (excluding diaryl/α,β-unsaturated/α-hetero) is 1. The molecule has 5 heteroatoms. The van der Waals surface area contributed by atoms with Crippen LogP contribution in [0.1, 0.15) is 113 Å². The summed E-state index contributed by atoms with van der Waals surface area (Å²) in [6.07, 6.45) is 8.01. The monoisotopic (exact) mass is 539 g/mol. The summed E-state index contributed by atoms with van der Waals surface area (Å²) >= 11 is 0. The van der Waals surface area contributed by atoms with Gasteiger partial charge < -0.3 is 15.6 Å². The van der Waals surface area contributed by atoms with Gasteiger partial charge in [0.25, 0.3) is 0 Å². The molecule has 5 aliphatic rings. The molecular formula is C34H53NO4. The number of ketones is 1. The van der Waals surface area contributed by atoms with Crippen molar-refractivity contribution in [3.63, 3.8) is 0 Å². The van der Waals surface area contributed by atoms with Crippen molar-refractivity contribution in [1.82, 2.24) is 0 Å². The molecule has 0 aliphatic heterocycles. The van der Waals surface area contributed by atoms with Gasteiger partial charge in [0.05, 0.1) is 6.10 Å². The maximum absolute atomic E-state index is 13.5. The fraction of sp³-hybridized carbons (Fsp3) is 0.824. The number of hydrogen-bond donors (Lipinski definition) is 2. The molecule has 0 aromatic rings. The Bertz CT molecular complexity index is 1100. The number of hydrogen-bond acceptors (Lipinski definition) is 5. The van der Waals surface area contributed by atoms with Crippen LogP contribution in [0.15, 0.2) is 22.3 Å². The summed E-state index contributed by atoms with van der Waals surface area (Å²) in [5, 5.41) is 10.8. The first-order valence-electron chi connectivity index (χ1n) is 15.7. The Morgan fingerprint density at radius 1 is 1.00 bits per heavy atom. The summed E-state index contributed by atoms with van der Waals surface area (Å²) in [4.78, 5) is 25.9. The number of aliphatic hydroxyl groups is 1. The summed E-state index contributed by atoms with van der Waals surface area (Å²) in [6, 6.07) is 0.0134. The lowest BCUT2D eigenvalue weighted by Gasteiger charge is -2.69. The highest BCUT2D eigenvalue weighted by Gasteiger charge is 2.70. The van der Waals surface area contributed by atoms with Crippen LogP contribution < -0.4 is 5.73 Å². The molecule has 5 nitrogen and oxygen atoms in total. The second-order valence-electron chi connectivity index (χ2n) is 15.2. The number of aliphatic hydroxyl groups excluding tert-OH is 1. The molecule has 11 atom stereocenters. The van der Waals surface area contributed by atoms with Crippen molar-refractivity contribution in [2.24, 2.45) is 51.6 Å². The molecule has 0 heterocycles. The molecule has 0 bridgehead atoms. The van der Waals surface area contributed by atoms with Gasteiger partial charge in [-0.1, -0.05) is 38.8 Å². The fourth-order valence-corrected chi connectivity index (χ4v) is 11.3. The van der Waals surface area contributed by atoms with Crippen LogP contribution in [-0.2, 0) is 14.3 Å². The lowest BCUT2D eigenvalue weighted by Crippen LogP contribution is -2.67. The van der Waals surface area contributed by atoms with Crippen molar-refractivity contribution >= 4 is 11.8 Å². The van der Waals surface area contributed by atoms with Gasteiger partial charge in [0, 0.05) is 18.5 Å². The quantitative estimate of drug-likeness (QED) is 0.242. The number of carbonyl (C=O) groups excluding carboxylic acids is 2. The average molecular weight is 540 g/mol. The van der Waals surface area contributed by atoms with E-state index in [1.165, 1.54) is 18.1 Å². The van der Waals surface area contributed by atoms with E-state index in [2.05, 4.69) is 41.5 Å². The van der Waals surface area contributed by atoms with Crippen LogP contribution in [0.2, 0.25) is 0 Å². The lowest BCUT2D eigenvalue weighted by atomic mass is 9.36. The second kappa shape index (κ2) is 9.82. The van der Waals surface area contributed by atoms with Crippen molar-refractivity contribution in [1.29, 1.82) is 0 Å².